The van der Waals surface area contributed by atoms with Gasteiger partial charge in [-0.05, 0) is 38.6 Å². The third-order valence-electron chi connectivity index (χ3n) is 3.79. The van der Waals surface area contributed by atoms with Crippen molar-refractivity contribution >= 4 is 0 Å². The molecule has 5 nitrogen and oxygen atoms in total. The maximum atomic E-state index is 5.71. The van der Waals surface area contributed by atoms with Gasteiger partial charge in [-0.3, -0.25) is 0 Å². The monoisotopic (exact) mass is 281 g/mol. The van der Waals surface area contributed by atoms with Gasteiger partial charge in [-0.2, -0.15) is 4.98 Å². The van der Waals surface area contributed by atoms with Crippen LogP contribution in [0.4, 0.5) is 0 Å². The number of rotatable bonds is 8. The Hall–Kier alpha value is -0.940. The third-order valence-corrected chi connectivity index (χ3v) is 3.79. The summed E-state index contributed by atoms with van der Waals surface area (Å²) in [6.45, 7) is 6.26. The molecule has 5 heteroatoms. The number of nitrogens with one attached hydrogen (secondary N) is 1. The van der Waals surface area contributed by atoms with Crippen LogP contribution in [0, 0.1) is 0 Å². The summed E-state index contributed by atoms with van der Waals surface area (Å²) in [6, 6.07) is 0.425. The molecule has 1 N–H and O–H groups in total. The van der Waals surface area contributed by atoms with Crippen LogP contribution in [-0.4, -0.2) is 35.4 Å². The quantitative estimate of drug-likeness (QED) is 0.793. The Morgan fingerprint density at radius 3 is 2.95 bits per heavy atom. The number of aromatic nitrogens is 2. The van der Waals surface area contributed by atoms with Crippen LogP contribution in [0.2, 0.25) is 0 Å². The van der Waals surface area contributed by atoms with Crippen LogP contribution in [0.3, 0.4) is 0 Å². The van der Waals surface area contributed by atoms with Gasteiger partial charge in [0.25, 0.3) is 0 Å². The molecule has 2 rings (SSSR count). The molecule has 0 spiro atoms. The molecule has 1 aliphatic rings. The lowest BCUT2D eigenvalue weighted by Gasteiger charge is -2.20. The summed E-state index contributed by atoms with van der Waals surface area (Å²) < 4.78 is 11.1. The van der Waals surface area contributed by atoms with E-state index in [0.29, 0.717) is 6.04 Å². The third kappa shape index (κ3) is 4.87. The number of hydrogen-bond acceptors (Lipinski definition) is 5. The smallest absolute Gasteiger partial charge is 0.228 e. The Labute approximate surface area is 121 Å². The fourth-order valence-corrected chi connectivity index (χ4v) is 2.55. The summed E-state index contributed by atoms with van der Waals surface area (Å²) >= 11 is 0. The molecule has 0 amide bonds. The Kier molecular flexibility index (Phi) is 6.47. The lowest BCUT2D eigenvalue weighted by atomic mass is 10.1. The molecule has 2 heterocycles. The van der Waals surface area contributed by atoms with Crippen molar-refractivity contribution in [2.75, 3.05) is 13.2 Å². The molecule has 20 heavy (non-hydrogen) atoms. The second kappa shape index (κ2) is 8.37. The van der Waals surface area contributed by atoms with E-state index < -0.39 is 0 Å². The highest BCUT2D eigenvalue weighted by molar-refractivity contribution is 4.91. The minimum atomic E-state index is 0.273. The standard InChI is InChI=1S/C15H27N3O2/c1-3-8-16-12(4-2)10-15-17-14(18-20-15)11-13-7-5-6-9-19-13/h12-13,16H,3-11H2,1-2H3. The first kappa shape index (κ1) is 15.4. The minimum Gasteiger partial charge on any atom is -0.378 e. The summed E-state index contributed by atoms with van der Waals surface area (Å²) in [4.78, 5) is 4.50. The average Bonchev–Trinajstić information content (AvgIpc) is 2.91. The van der Waals surface area contributed by atoms with E-state index in [4.69, 9.17) is 9.26 Å². The van der Waals surface area contributed by atoms with Crippen LogP contribution in [0.15, 0.2) is 4.52 Å². The first-order valence-electron chi connectivity index (χ1n) is 7.98. The Morgan fingerprint density at radius 1 is 1.35 bits per heavy atom. The molecule has 0 aromatic carbocycles. The van der Waals surface area contributed by atoms with Gasteiger partial charge in [0, 0.05) is 25.5 Å². The number of hydrogen-bond donors (Lipinski definition) is 1. The van der Waals surface area contributed by atoms with Crippen LogP contribution in [0.1, 0.15) is 57.7 Å². The van der Waals surface area contributed by atoms with E-state index in [1.54, 1.807) is 0 Å². The van der Waals surface area contributed by atoms with Gasteiger partial charge < -0.3 is 14.6 Å². The van der Waals surface area contributed by atoms with Crippen molar-refractivity contribution in [3.8, 4) is 0 Å². The molecule has 2 unspecified atom stereocenters. The second-order valence-electron chi connectivity index (χ2n) is 5.56. The zero-order chi connectivity index (χ0) is 14.2. The summed E-state index contributed by atoms with van der Waals surface area (Å²) in [7, 11) is 0. The molecule has 0 saturated carbocycles. The van der Waals surface area contributed by atoms with Crippen LogP contribution in [0.5, 0.6) is 0 Å². The van der Waals surface area contributed by atoms with Crippen LogP contribution in [-0.2, 0) is 17.6 Å². The van der Waals surface area contributed by atoms with E-state index >= 15 is 0 Å². The Balaban J connectivity index is 1.81. The van der Waals surface area contributed by atoms with Crippen LogP contribution < -0.4 is 5.32 Å². The molecule has 114 valence electrons. The van der Waals surface area contributed by atoms with Gasteiger partial charge in [0.2, 0.25) is 5.89 Å². The fourth-order valence-electron chi connectivity index (χ4n) is 2.55. The molecule has 1 aromatic heterocycles. The number of ether oxygens (including phenoxy) is 1. The van der Waals surface area contributed by atoms with Crippen molar-refractivity contribution in [1.82, 2.24) is 15.5 Å². The van der Waals surface area contributed by atoms with Crippen molar-refractivity contribution < 1.29 is 9.26 Å². The second-order valence-corrected chi connectivity index (χ2v) is 5.56. The normalized spacial score (nSPS) is 21.0. The van der Waals surface area contributed by atoms with Gasteiger partial charge in [-0.25, -0.2) is 0 Å². The van der Waals surface area contributed by atoms with Gasteiger partial charge in [0.1, 0.15) is 0 Å². The zero-order valence-corrected chi connectivity index (χ0v) is 12.7. The maximum absolute atomic E-state index is 5.71. The summed E-state index contributed by atoms with van der Waals surface area (Å²) in [5, 5.41) is 7.59. The van der Waals surface area contributed by atoms with E-state index in [1.807, 2.05) is 0 Å². The van der Waals surface area contributed by atoms with Crippen molar-refractivity contribution in [3.63, 3.8) is 0 Å². The first-order chi connectivity index (χ1) is 9.81. The van der Waals surface area contributed by atoms with Crippen LogP contribution in [0.25, 0.3) is 0 Å². The predicted octanol–water partition coefficient (Wildman–Crippen LogP) is 2.50. The zero-order valence-electron chi connectivity index (χ0n) is 12.7. The van der Waals surface area contributed by atoms with Gasteiger partial charge in [-0.15, -0.1) is 0 Å². The molecule has 1 aliphatic heterocycles. The van der Waals surface area contributed by atoms with Gasteiger partial charge in [0.15, 0.2) is 5.82 Å². The highest BCUT2D eigenvalue weighted by Gasteiger charge is 2.18. The molecular weight excluding hydrogens is 254 g/mol. The minimum absolute atomic E-state index is 0.273. The van der Waals surface area contributed by atoms with Crippen molar-refractivity contribution in [2.24, 2.45) is 0 Å². The SMILES string of the molecule is CCCNC(CC)Cc1nc(CC2CCCCO2)no1. The van der Waals surface area contributed by atoms with Crippen molar-refractivity contribution in [2.45, 2.75) is 70.9 Å². The first-order valence-corrected chi connectivity index (χ1v) is 7.98. The molecule has 1 aromatic rings. The highest BCUT2D eigenvalue weighted by Crippen LogP contribution is 2.16. The Morgan fingerprint density at radius 2 is 2.25 bits per heavy atom. The summed E-state index contributed by atoms with van der Waals surface area (Å²) in [5.41, 5.74) is 0. The predicted molar refractivity (Wildman–Crippen MR) is 77.7 cm³/mol. The largest absolute Gasteiger partial charge is 0.378 e. The average molecular weight is 281 g/mol. The molecule has 1 fully saturated rings. The van der Waals surface area contributed by atoms with E-state index in [1.165, 1.54) is 12.8 Å². The van der Waals surface area contributed by atoms with E-state index in [2.05, 4.69) is 29.3 Å². The molecule has 0 aliphatic carbocycles. The number of nitrogens with zero attached hydrogens (tertiary/aromatic N) is 2. The van der Waals surface area contributed by atoms with Gasteiger partial charge in [-0.1, -0.05) is 19.0 Å². The maximum Gasteiger partial charge on any atom is 0.228 e. The lowest BCUT2D eigenvalue weighted by molar-refractivity contribution is 0.0153. The van der Waals surface area contributed by atoms with E-state index in [0.717, 1.165) is 57.0 Å². The molecule has 2 atom stereocenters. The lowest BCUT2D eigenvalue weighted by Crippen LogP contribution is -2.31. The summed E-state index contributed by atoms with van der Waals surface area (Å²) in [5.74, 6) is 1.53. The van der Waals surface area contributed by atoms with E-state index in [-0.39, 0.29) is 6.10 Å². The highest BCUT2D eigenvalue weighted by atomic mass is 16.5. The van der Waals surface area contributed by atoms with Gasteiger partial charge >= 0.3 is 0 Å². The Bertz CT molecular complexity index is 375. The fraction of sp³-hybridized carbons (Fsp3) is 0.867. The molecular formula is C15H27N3O2. The molecule has 0 bridgehead atoms. The van der Waals surface area contributed by atoms with Crippen molar-refractivity contribution in [1.29, 1.82) is 0 Å². The topological polar surface area (TPSA) is 60.2 Å². The van der Waals surface area contributed by atoms with Crippen molar-refractivity contribution in [3.05, 3.63) is 11.7 Å². The van der Waals surface area contributed by atoms with Gasteiger partial charge in [0.05, 0.1) is 6.10 Å². The van der Waals surface area contributed by atoms with Crippen LogP contribution >= 0.6 is 0 Å². The molecule has 0 radical (unpaired) electrons. The summed E-state index contributed by atoms with van der Waals surface area (Å²) in [6.07, 6.45) is 7.61. The van der Waals surface area contributed by atoms with E-state index in [9.17, 15) is 0 Å². The molecule has 1 saturated heterocycles.